The molecule has 0 aromatic heterocycles. The molecule has 7 nitrogen and oxygen atoms in total. The van der Waals surface area contributed by atoms with Gasteiger partial charge in [0, 0.05) is 36.7 Å². The van der Waals surface area contributed by atoms with Crippen molar-refractivity contribution in [2.24, 2.45) is 40.9 Å². The van der Waals surface area contributed by atoms with Gasteiger partial charge in [-0.05, 0) is 39.0 Å². The molecule has 2 aliphatic heterocycles. The molecule has 2 rings (SSSR count). The fourth-order valence-electron chi connectivity index (χ4n) is 7.13. The molecule has 2 aliphatic rings. The van der Waals surface area contributed by atoms with Gasteiger partial charge in [0.15, 0.2) is 0 Å². The molecule has 0 aromatic carbocycles. The summed E-state index contributed by atoms with van der Waals surface area (Å²) in [5.74, 6) is -4.30. The maximum absolute atomic E-state index is 13.7. The number of ether oxygens (including phenoxy) is 3. The lowest BCUT2D eigenvalue weighted by molar-refractivity contribution is -0.185. The normalized spacial score (nSPS) is 42.2. The second-order valence-electron chi connectivity index (χ2n) is 12.4. The van der Waals surface area contributed by atoms with Gasteiger partial charge in [-0.2, -0.15) is 0 Å². The lowest BCUT2D eigenvalue weighted by Gasteiger charge is -2.48. The van der Waals surface area contributed by atoms with Gasteiger partial charge in [0.2, 0.25) is 0 Å². The Kier molecular flexibility index (Phi) is 8.68. The van der Waals surface area contributed by atoms with E-state index in [2.05, 4.69) is 20.8 Å². The maximum atomic E-state index is 13.7. The Balaban J connectivity index is 2.67. The zero-order valence-electron chi connectivity index (χ0n) is 23.5. The molecule has 0 unspecified atom stereocenters. The van der Waals surface area contributed by atoms with Crippen LogP contribution in [-0.2, 0) is 33.4 Å². The number of hydrogen-bond donors (Lipinski definition) is 0. The van der Waals surface area contributed by atoms with E-state index in [0.29, 0.717) is 12.8 Å². The van der Waals surface area contributed by atoms with Crippen LogP contribution < -0.4 is 0 Å². The van der Waals surface area contributed by atoms with E-state index in [1.807, 2.05) is 34.6 Å². The van der Waals surface area contributed by atoms with Crippen molar-refractivity contribution in [2.45, 2.75) is 106 Å². The van der Waals surface area contributed by atoms with Crippen LogP contribution in [0, 0.1) is 40.9 Å². The fraction of sp³-hybridized carbons (Fsp3) is 0.857. The van der Waals surface area contributed by atoms with Crippen molar-refractivity contribution in [3.63, 3.8) is 0 Å². The summed E-state index contributed by atoms with van der Waals surface area (Å²) in [7, 11) is 1.61. The van der Waals surface area contributed by atoms with E-state index in [-0.39, 0.29) is 35.2 Å². The monoisotopic (exact) mass is 494 g/mol. The molecule has 0 N–H and O–H groups in total. The number of methoxy groups -OCH3 is 1. The number of cyclic esters (lactones) is 1. The molecule has 2 saturated heterocycles. The first-order valence-corrected chi connectivity index (χ1v) is 13.0. The lowest BCUT2D eigenvalue weighted by atomic mass is 9.61. The van der Waals surface area contributed by atoms with Crippen molar-refractivity contribution in [1.82, 2.24) is 0 Å². The molecule has 2 fully saturated rings. The van der Waals surface area contributed by atoms with E-state index >= 15 is 0 Å². The molecule has 200 valence electrons. The lowest BCUT2D eigenvalue weighted by Crippen LogP contribution is -2.54. The highest BCUT2D eigenvalue weighted by atomic mass is 16.6. The third-order valence-electron chi connectivity index (χ3n) is 8.76. The van der Waals surface area contributed by atoms with Crippen molar-refractivity contribution in [3.8, 4) is 0 Å². The molecule has 0 aliphatic carbocycles. The minimum absolute atomic E-state index is 0.0149. The van der Waals surface area contributed by atoms with Crippen molar-refractivity contribution in [1.29, 1.82) is 0 Å². The van der Waals surface area contributed by atoms with E-state index in [9.17, 15) is 19.2 Å². The summed E-state index contributed by atoms with van der Waals surface area (Å²) >= 11 is 0. The van der Waals surface area contributed by atoms with Gasteiger partial charge < -0.3 is 14.2 Å². The van der Waals surface area contributed by atoms with Gasteiger partial charge in [-0.3, -0.25) is 19.2 Å². The van der Waals surface area contributed by atoms with Crippen LogP contribution in [-0.4, -0.2) is 47.9 Å². The average molecular weight is 495 g/mol. The van der Waals surface area contributed by atoms with Crippen LogP contribution in [0.25, 0.3) is 0 Å². The van der Waals surface area contributed by atoms with Gasteiger partial charge in [0.25, 0.3) is 0 Å². The highest BCUT2D eigenvalue weighted by Gasteiger charge is 2.57. The molecule has 0 bridgehead atoms. The number of carbonyl (C=O) groups excluding carboxylic acids is 4. The van der Waals surface area contributed by atoms with Gasteiger partial charge >= 0.3 is 11.9 Å². The van der Waals surface area contributed by atoms with Crippen LogP contribution in [0.1, 0.15) is 88.5 Å². The number of Topliss-reactive ketones (excluding diaryl/α,β-unsaturated/α-hetero) is 2. The topological polar surface area (TPSA) is 96.0 Å². The highest BCUT2D eigenvalue weighted by Crippen LogP contribution is 2.48. The summed E-state index contributed by atoms with van der Waals surface area (Å²) < 4.78 is 17.7. The summed E-state index contributed by atoms with van der Waals surface area (Å²) in [4.78, 5) is 53.0. The van der Waals surface area contributed by atoms with Crippen LogP contribution >= 0.6 is 0 Å². The molecular weight excluding hydrogens is 448 g/mol. The zero-order chi connectivity index (χ0) is 27.1. The Bertz CT molecular complexity index is 843. The van der Waals surface area contributed by atoms with Crippen LogP contribution in [0.5, 0.6) is 0 Å². The summed E-state index contributed by atoms with van der Waals surface area (Å²) in [6.45, 7) is 18.9. The molecule has 0 aromatic rings. The van der Waals surface area contributed by atoms with Gasteiger partial charge in [-0.15, -0.1) is 0 Å². The Morgan fingerprint density at radius 3 is 2.03 bits per heavy atom. The van der Waals surface area contributed by atoms with E-state index < -0.39 is 52.9 Å². The van der Waals surface area contributed by atoms with E-state index in [1.54, 1.807) is 21.0 Å². The minimum Gasteiger partial charge on any atom is -0.458 e. The largest absolute Gasteiger partial charge is 0.458 e. The molecule has 2 heterocycles. The number of rotatable bonds is 2. The van der Waals surface area contributed by atoms with Gasteiger partial charge in [-0.25, -0.2) is 0 Å². The van der Waals surface area contributed by atoms with Crippen molar-refractivity contribution >= 4 is 23.5 Å². The second-order valence-corrected chi connectivity index (χ2v) is 12.4. The Morgan fingerprint density at radius 2 is 1.54 bits per heavy atom. The van der Waals surface area contributed by atoms with Crippen LogP contribution in [0.3, 0.4) is 0 Å². The van der Waals surface area contributed by atoms with Crippen molar-refractivity contribution in [2.75, 3.05) is 7.11 Å². The molecule has 0 saturated carbocycles. The molecule has 0 amide bonds. The van der Waals surface area contributed by atoms with Gasteiger partial charge in [0.05, 0.1) is 12.0 Å². The molecular formula is C28H46O7. The first-order chi connectivity index (χ1) is 15.9. The van der Waals surface area contributed by atoms with Gasteiger partial charge in [-0.1, -0.05) is 48.5 Å². The van der Waals surface area contributed by atoms with E-state index in [4.69, 9.17) is 14.2 Å². The van der Waals surface area contributed by atoms with Crippen molar-refractivity contribution in [3.05, 3.63) is 0 Å². The molecule has 0 spiro atoms. The number of esters is 2. The molecule has 7 heteroatoms. The summed E-state index contributed by atoms with van der Waals surface area (Å²) in [6, 6.07) is 0. The summed E-state index contributed by atoms with van der Waals surface area (Å²) in [5.41, 5.74) is -2.29. The van der Waals surface area contributed by atoms with Crippen molar-refractivity contribution < 1.29 is 33.4 Å². The van der Waals surface area contributed by atoms with Crippen LogP contribution in [0.4, 0.5) is 0 Å². The highest BCUT2D eigenvalue weighted by molar-refractivity contribution is 6.00. The average Bonchev–Trinajstić information content (AvgIpc) is 3.08. The first kappa shape index (κ1) is 29.5. The smallest absolute Gasteiger partial charge is 0.316 e. The second kappa shape index (κ2) is 10.3. The molecule has 9 atom stereocenters. The number of hydrogen-bond acceptors (Lipinski definition) is 7. The Labute approximate surface area is 211 Å². The number of carbonyl (C=O) groups is 4. The quantitative estimate of drug-likeness (QED) is 0.402. The standard InChI is InChI=1S/C28H46O7/c1-12-20-28(10)19(13-21(29)35-28)16(3)22(30)15(2)14-27(9,33-11)24(26(6,7)8)17(4)23(31)18(5)25(32)34-20/h15-20,24H,12-14H2,1-11H3/t15-,16-,17+,18-,19-,20-,24+,27-,28+/m1/s1. The predicted molar refractivity (Wildman–Crippen MR) is 132 cm³/mol. The summed E-state index contributed by atoms with van der Waals surface area (Å²) in [5, 5.41) is 0. The Morgan fingerprint density at radius 1 is 0.971 bits per heavy atom. The molecule has 0 radical (unpaired) electrons. The van der Waals surface area contributed by atoms with Gasteiger partial charge in [0.1, 0.15) is 29.2 Å². The zero-order valence-corrected chi connectivity index (χ0v) is 23.5. The summed E-state index contributed by atoms with van der Waals surface area (Å²) in [6.07, 6.45) is 0.140. The van der Waals surface area contributed by atoms with E-state index in [0.717, 1.165) is 0 Å². The minimum atomic E-state index is -1.15. The fourth-order valence-corrected chi connectivity index (χ4v) is 7.13. The van der Waals surface area contributed by atoms with Crippen LogP contribution in [0.2, 0.25) is 0 Å². The first-order valence-electron chi connectivity index (χ1n) is 13.0. The third-order valence-corrected chi connectivity index (χ3v) is 8.76. The van der Waals surface area contributed by atoms with Crippen LogP contribution in [0.15, 0.2) is 0 Å². The number of ketones is 2. The maximum Gasteiger partial charge on any atom is 0.316 e. The third kappa shape index (κ3) is 5.50. The Hall–Kier alpha value is -1.76. The predicted octanol–water partition coefficient (Wildman–Crippen LogP) is 4.78. The number of fused-ring (bicyclic) bond motifs is 1. The van der Waals surface area contributed by atoms with E-state index in [1.165, 1.54) is 0 Å². The SMILES string of the molecule is CC[C@H]1OC(=O)[C@H](C)C(=O)[C@H](C)[C@@H](C(C)(C)C)[C@](C)(OC)C[C@@H](C)C(=O)[C@H](C)[C@H]2CC(=O)O[C@@]21C. The molecule has 35 heavy (non-hydrogen) atoms.